The fourth-order valence-electron chi connectivity index (χ4n) is 4.53. The van der Waals surface area contributed by atoms with E-state index in [4.69, 9.17) is 0 Å². The Hall–Kier alpha value is -3.87. The normalized spacial score (nSPS) is 14.7. The molecule has 0 aromatic heterocycles. The van der Waals surface area contributed by atoms with Crippen molar-refractivity contribution in [1.29, 1.82) is 0 Å². The minimum atomic E-state index is -0.209. The van der Waals surface area contributed by atoms with Gasteiger partial charge < -0.3 is 20.4 Å². The largest absolute Gasteiger partial charge is 0.368 e. The number of amidine groups is 2. The van der Waals surface area contributed by atoms with Gasteiger partial charge in [0.25, 0.3) is 0 Å². The van der Waals surface area contributed by atoms with Crippen molar-refractivity contribution in [3.8, 4) is 0 Å². The van der Waals surface area contributed by atoms with Gasteiger partial charge in [0.1, 0.15) is 11.7 Å². The average Bonchev–Trinajstić information content (AvgIpc) is 3.60. The van der Waals surface area contributed by atoms with Gasteiger partial charge in [-0.3, -0.25) is 9.98 Å². The fourth-order valence-corrected chi connectivity index (χ4v) is 4.53. The summed E-state index contributed by atoms with van der Waals surface area (Å²) in [6, 6.07) is 22.2. The Kier molecular flexibility index (Phi) is 6.66. The first-order valence-electron chi connectivity index (χ1n) is 12.0. The molecule has 2 aliphatic heterocycles. The summed E-state index contributed by atoms with van der Waals surface area (Å²) in [5.74, 6) is 1.69. The van der Waals surface area contributed by atoms with Crippen molar-refractivity contribution < 1.29 is 4.39 Å². The van der Waals surface area contributed by atoms with E-state index in [1.54, 1.807) is 0 Å². The maximum atomic E-state index is 15.6. The van der Waals surface area contributed by atoms with Gasteiger partial charge in [0.15, 0.2) is 5.82 Å². The van der Waals surface area contributed by atoms with Crippen LogP contribution in [0.25, 0.3) is 0 Å². The lowest BCUT2D eigenvalue weighted by Gasteiger charge is -2.25. The van der Waals surface area contributed by atoms with Gasteiger partial charge in [0.2, 0.25) is 0 Å². The van der Waals surface area contributed by atoms with Crippen molar-refractivity contribution in [2.24, 2.45) is 9.98 Å². The molecule has 6 nitrogen and oxygen atoms in total. The molecule has 0 bridgehead atoms. The van der Waals surface area contributed by atoms with E-state index in [1.807, 2.05) is 42.1 Å². The molecule has 2 aliphatic rings. The number of halogens is 1. The predicted octanol–water partition coefficient (Wildman–Crippen LogP) is 3.80. The lowest BCUT2D eigenvalue weighted by molar-refractivity contribution is 0.617. The second-order valence-corrected chi connectivity index (χ2v) is 9.03. The van der Waals surface area contributed by atoms with Crippen LogP contribution in [0, 0.1) is 5.82 Å². The highest BCUT2D eigenvalue weighted by atomic mass is 19.1. The van der Waals surface area contributed by atoms with Gasteiger partial charge in [-0.15, -0.1) is 0 Å². The van der Waals surface area contributed by atoms with Gasteiger partial charge in [0, 0.05) is 51.4 Å². The molecule has 0 radical (unpaired) electrons. The number of hydrogen-bond donors (Lipinski definition) is 2. The zero-order valence-corrected chi connectivity index (χ0v) is 20.3. The molecule has 5 rings (SSSR count). The van der Waals surface area contributed by atoms with Crippen molar-refractivity contribution in [2.75, 3.05) is 50.1 Å². The molecule has 0 atom stereocenters. The zero-order valence-electron chi connectivity index (χ0n) is 20.3. The summed E-state index contributed by atoms with van der Waals surface area (Å²) in [6.07, 6.45) is 0. The summed E-state index contributed by atoms with van der Waals surface area (Å²) in [5, 5.41) is 6.59. The second kappa shape index (κ2) is 10.2. The number of rotatable bonds is 8. The van der Waals surface area contributed by atoms with Crippen LogP contribution < -0.4 is 20.4 Å². The van der Waals surface area contributed by atoms with Gasteiger partial charge in [-0.2, -0.15) is 0 Å². The summed E-state index contributed by atoms with van der Waals surface area (Å²) in [5.41, 5.74) is 5.58. The summed E-state index contributed by atoms with van der Waals surface area (Å²) < 4.78 is 15.6. The Morgan fingerprint density at radius 3 is 1.49 bits per heavy atom. The van der Waals surface area contributed by atoms with Gasteiger partial charge in [-0.1, -0.05) is 54.6 Å². The van der Waals surface area contributed by atoms with Crippen LogP contribution in [-0.2, 0) is 13.1 Å². The molecular weight excluding hydrogens is 439 g/mol. The SMILES string of the molecule is CN(Cc1ccc(C2=NCCN2)cc1)c1cccc(N(C)Cc2ccc(C3=NCCN3)cc2)c1F. The first-order valence-corrected chi connectivity index (χ1v) is 12.0. The molecule has 0 amide bonds. The third-order valence-corrected chi connectivity index (χ3v) is 6.42. The Morgan fingerprint density at radius 1 is 0.686 bits per heavy atom. The third-order valence-electron chi connectivity index (χ3n) is 6.42. The Morgan fingerprint density at radius 2 is 1.11 bits per heavy atom. The summed E-state index contributed by atoms with van der Waals surface area (Å²) in [6.45, 7) is 4.66. The van der Waals surface area contributed by atoms with E-state index in [0.29, 0.717) is 24.5 Å². The smallest absolute Gasteiger partial charge is 0.169 e. The van der Waals surface area contributed by atoms with Crippen LogP contribution in [0.4, 0.5) is 15.8 Å². The first-order chi connectivity index (χ1) is 17.1. The van der Waals surface area contributed by atoms with Gasteiger partial charge in [-0.05, 0) is 23.3 Å². The van der Waals surface area contributed by atoms with Crippen LogP contribution in [0.3, 0.4) is 0 Å². The van der Waals surface area contributed by atoms with Crippen molar-refractivity contribution >= 4 is 23.0 Å². The number of anilines is 2. The summed E-state index contributed by atoms with van der Waals surface area (Å²) >= 11 is 0. The van der Waals surface area contributed by atoms with Crippen LogP contribution in [0.2, 0.25) is 0 Å². The zero-order chi connectivity index (χ0) is 24.2. The quantitative estimate of drug-likeness (QED) is 0.526. The van der Waals surface area contributed by atoms with E-state index in [9.17, 15) is 0 Å². The molecule has 35 heavy (non-hydrogen) atoms. The van der Waals surface area contributed by atoms with Crippen molar-refractivity contribution in [1.82, 2.24) is 10.6 Å². The predicted molar refractivity (Wildman–Crippen MR) is 142 cm³/mol. The van der Waals surface area contributed by atoms with Crippen molar-refractivity contribution in [3.05, 3.63) is 94.8 Å². The number of nitrogens with one attached hydrogen (secondary N) is 2. The molecule has 0 saturated carbocycles. The summed E-state index contributed by atoms with van der Waals surface area (Å²) in [7, 11) is 3.86. The molecule has 2 heterocycles. The van der Waals surface area contributed by atoms with Crippen molar-refractivity contribution in [2.45, 2.75) is 13.1 Å². The Balaban J connectivity index is 1.26. The monoisotopic (exact) mass is 470 g/mol. The standard InChI is InChI=1S/C28H31FN6/c1-34(18-20-6-10-22(11-7-20)27-30-14-15-31-27)24-4-3-5-25(26(24)29)35(2)19-21-8-12-23(13-9-21)28-32-16-17-33-28/h3-13H,14-19H2,1-2H3,(H,30,31)(H,32,33). The maximum absolute atomic E-state index is 15.6. The van der Waals surface area contributed by atoms with Crippen LogP contribution in [-0.4, -0.2) is 51.9 Å². The van der Waals surface area contributed by atoms with Crippen LogP contribution in [0.15, 0.2) is 76.7 Å². The van der Waals surface area contributed by atoms with E-state index >= 15 is 4.39 Å². The lowest BCUT2D eigenvalue weighted by Crippen LogP contribution is -2.22. The molecule has 0 spiro atoms. The number of aliphatic imine (C=N–C) groups is 2. The average molecular weight is 471 g/mol. The molecule has 0 fully saturated rings. The Labute approximate surface area is 206 Å². The van der Waals surface area contributed by atoms with Crippen LogP contribution in [0.1, 0.15) is 22.3 Å². The number of benzene rings is 3. The lowest BCUT2D eigenvalue weighted by atomic mass is 10.1. The van der Waals surface area contributed by atoms with E-state index in [2.05, 4.69) is 69.1 Å². The van der Waals surface area contributed by atoms with Crippen LogP contribution in [0.5, 0.6) is 0 Å². The van der Waals surface area contributed by atoms with Crippen molar-refractivity contribution in [3.63, 3.8) is 0 Å². The molecule has 180 valence electrons. The maximum Gasteiger partial charge on any atom is 0.169 e. The fraction of sp³-hybridized carbons (Fsp3) is 0.286. The molecule has 0 aliphatic carbocycles. The van der Waals surface area contributed by atoms with E-state index in [1.165, 1.54) is 0 Å². The molecule has 7 heteroatoms. The van der Waals surface area contributed by atoms with E-state index < -0.39 is 0 Å². The molecule has 3 aromatic carbocycles. The number of hydrogen-bond acceptors (Lipinski definition) is 6. The first kappa shape index (κ1) is 22.9. The highest BCUT2D eigenvalue weighted by Crippen LogP contribution is 2.29. The highest BCUT2D eigenvalue weighted by molar-refractivity contribution is 6.00. The third kappa shape index (κ3) is 5.14. The number of nitrogens with zero attached hydrogens (tertiary/aromatic N) is 4. The Bertz CT molecular complexity index is 1140. The molecule has 0 saturated heterocycles. The minimum absolute atomic E-state index is 0.209. The summed E-state index contributed by atoms with van der Waals surface area (Å²) in [4.78, 5) is 12.8. The topological polar surface area (TPSA) is 55.3 Å². The molecular formula is C28H31FN6. The highest BCUT2D eigenvalue weighted by Gasteiger charge is 2.16. The second-order valence-electron chi connectivity index (χ2n) is 9.03. The molecule has 3 aromatic rings. The molecule has 0 unspecified atom stereocenters. The van der Waals surface area contributed by atoms with E-state index in [-0.39, 0.29) is 5.82 Å². The van der Waals surface area contributed by atoms with E-state index in [0.717, 1.165) is 60.1 Å². The van der Waals surface area contributed by atoms with Crippen LogP contribution >= 0.6 is 0 Å². The molecule has 2 N–H and O–H groups in total. The van der Waals surface area contributed by atoms with Gasteiger partial charge >= 0.3 is 0 Å². The minimum Gasteiger partial charge on any atom is -0.368 e. The van der Waals surface area contributed by atoms with Gasteiger partial charge in [0.05, 0.1) is 24.5 Å². The van der Waals surface area contributed by atoms with Gasteiger partial charge in [-0.25, -0.2) is 4.39 Å².